The van der Waals surface area contributed by atoms with Gasteiger partial charge in [-0.2, -0.15) is 12.6 Å². The second-order valence-corrected chi connectivity index (χ2v) is 3.65. The zero-order valence-corrected chi connectivity index (χ0v) is 9.64. The van der Waals surface area contributed by atoms with Gasteiger partial charge < -0.3 is 4.74 Å². The molecule has 0 unspecified atom stereocenters. The zero-order valence-electron chi connectivity index (χ0n) is 8.74. The minimum atomic E-state index is -0.199. The van der Waals surface area contributed by atoms with E-state index in [1.165, 1.54) is 7.11 Å². The van der Waals surface area contributed by atoms with Gasteiger partial charge >= 0.3 is 5.97 Å². The molecule has 0 amide bonds. The first-order valence-corrected chi connectivity index (χ1v) is 4.94. The molecule has 0 aliphatic carbocycles. The first-order chi connectivity index (χ1) is 6.52. The predicted molar refractivity (Wildman–Crippen MR) is 57.9 cm³/mol. The van der Waals surface area contributed by atoms with E-state index >= 15 is 0 Å². The second kappa shape index (κ2) is 6.73. The van der Waals surface area contributed by atoms with Gasteiger partial charge in [-0.05, 0) is 19.9 Å². The van der Waals surface area contributed by atoms with Crippen LogP contribution in [0.25, 0.3) is 0 Å². The highest BCUT2D eigenvalue weighted by Gasteiger charge is 2.17. The van der Waals surface area contributed by atoms with Crippen LogP contribution in [0, 0.1) is 0 Å². The minimum absolute atomic E-state index is 0.0972. The number of methoxy groups -OCH3 is 1. The summed E-state index contributed by atoms with van der Waals surface area (Å²) in [6, 6.07) is 0. The van der Waals surface area contributed by atoms with Crippen molar-refractivity contribution >= 4 is 18.6 Å². The first-order valence-electron chi connectivity index (χ1n) is 4.31. The normalized spacial score (nSPS) is 16.6. The lowest BCUT2D eigenvalue weighted by Crippen LogP contribution is -2.19. The Morgan fingerprint density at radius 3 is 2.43 bits per heavy atom. The molecule has 0 saturated heterocycles. The van der Waals surface area contributed by atoms with Crippen LogP contribution in [0.5, 0.6) is 0 Å². The van der Waals surface area contributed by atoms with Crippen LogP contribution < -0.4 is 5.48 Å². The molecule has 1 rings (SSSR count). The average molecular weight is 219 g/mol. The summed E-state index contributed by atoms with van der Waals surface area (Å²) in [5, 5.41) is 0. The van der Waals surface area contributed by atoms with Crippen LogP contribution in [-0.4, -0.2) is 24.4 Å². The molecule has 4 nitrogen and oxygen atoms in total. The van der Waals surface area contributed by atoms with Gasteiger partial charge in [0.1, 0.15) is 5.60 Å². The van der Waals surface area contributed by atoms with Crippen molar-refractivity contribution in [2.45, 2.75) is 25.9 Å². The molecule has 0 spiro atoms. The largest absolute Gasteiger partial charge is 0.469 e. The molecule has 14 heavy (non-hydrogen) atoms. The Morgan fingerprint density at radius 1 is 1.64 bits per heavy atom. The van der Waals surface area contributed by atoms with E-state index in [4.69, 9.17) is 4.84 Å². The summed E-state index contributed by atoms with van der Waals surface area (Å²) in [5.41, 5.74) is 2.53. The quantitative estimate of drug-likeness (QED) is 0.543. The van der Waals surface area contributed by atoms with Crippen LogP contribution in [0.4, 0.5) is 0 Å². The molecule has 0 bridgehead atoms. The summed E-state index contributed by atoms with van der Waals surface area (Å²) in [5.74, 6) is 0.363. The van der Waals surface area contributed by atoms with Crippen molar-refractivity contribution in [2.24, 2.45) is 0 Å². The summed E-state index contributed by atoms with van der Waals surface area (Å²) in [6.07, 6.45) is 4.16. The number of ether oxygens (including phenoxy) is 1. The molecule has 0 saturated carbocycles. The van der Waals surface area contributed by atoms with Crippen LogP contribution in [0.15, 0.2) is 12.3 Å². The van der Waals surface area contributed by atoms with E-state index in [0.29, 0.717) is 12.2 Å². The predicted octanol–water partition coefficient (Wildman–Crippen LogP) is 1.29. The van der Waals surface area contributed by atoms with E-state index in [9.17, 15) is 4.79 Å². The summed E-state index contributed by atoms with van der Waals surface area (Å²) >= 11 is 3.81. The summed E-state index contributed by atoms with van der Waals surface area (Å²) in [4.78, 5) is 15.1. The lowest BCUT2D eigenvalue weighted by Gasteiger charge is -2.11. The first kappa shape index (κ1) is 13.3. The van der Waals surface area contributed by atoms with Crippen molar-refractivity contribution in [3.05, 3.63) is 12.3 Å². The summed E-state index contributed by atoms with van der Waals surface area (Å²) in [7, 11) is 1.37. The zero-order chi connectivity index (χ0) is 11.0. The molecule has 1 aliphatic rings. The second-order valence-electron chi connectivity index (χ2n) is 3.21. The molecule has 0 aromatic rings. The fraction of sp³-hybridized carbons (Fsp3) is 0.667. The molecule has 1 heterocycles. The van der Waals surface area contributed by atoms with E-state index in [-0.39, 0.29) is 11.6 Å². The Labute approximate surface area is 90.0 Å². The fourth-order valence-corrected chi connectivity index (χ4v) is 0.831. The smallest absolute Gasteiger partial charge is 0.306 e. The van der Waals surface area contributed by atoms with Crippen LogP contribution >= 0.6 is 12.6 Å². The molecule has 1 aliphatic heterocycles. The van der Waals surface area contributed by atoms with Crippen molar-refractivity contribution in [1.29, 1.82) is 0 Å². The van der Waals surface area contributed by atoms with Gasteiger partial charge in [-0.1, -0.05) is 0 Å². The third-order valence-electron chi connectivity index (χ3n) is 1.42. The number of carbonyl (C=O) groups is 1. The maximum Gasteiger partial charge on any atom is 0.306 e. The Kier molecular flexibility index (Phi) is 6.40. The van der Waals surface area contributed by atoms with Gasteiger partial charge in [0, 0.05) is 12.0 Å². The number of esters is 1. The van der Waals surface area contributed by atoms with Gasteiger partial charge in [-0.25, -0.2) is 0 Å². The van der Waals surface area contributed by atoms with Gasteiger partial charge in [-0.15, -0.1) is 0 Å². The Hall–Kier alpha value is -0.680. The van der Waals surface area contributed by atoms with Crippen LogP contribution in [0.2, 0.25) is 0 Å². The summed E-state index contributed by atoms with van der Waals surface area (Å²) in [6.45, 7) is 3.98. The highest BCUT2D eigenvalue weighted by molar-refractivity contribution is 7.80. The van der Waals surface area contributed by atoms with E-state index < -0.39 is 0 Å². The van der Waals surface area contributed by atoms with Crippen molar-refractivity contribution in [3.63, 3.8) is 0 Å². The lowest BCUT2D eigenvalue weighted by atomic mass is 10.1. The van der Waals surface area contributed by atoms with Gasteiger partial charge in [-0.3, -0.25) is 15.1 Å². The maximum atomic E-state index is 10.1. The number of thiol groups is 1. The number of carbonyl (C=O) groups excluding carboxylic acids is 1. The molecule has 0 atom stereocenters. The van der Waals surface area contributed by atoms with Crippen LogP contribution in [0.3, 0.4) is 0 Å². The fourth-order valence-electron chi connectivity index (χ4n) is 0.648. The van der Waals surface area contributed by atoms with Crippen LogP contribution in [-0.2, 0) is 14.4 Å². The molecule has 0 radical (unpaired) electrons. The highest BCUT2D eigenvalue weighted by Crippen LogP contribution is 2.11. The van der Waals surface area contributed by atoms with Gasteiger partial charge in [0.25, 0.3) is 0 Å². The van der Waals surface area contributed by atoms with Gasteiger partial charge in [0.15, 0.2) is 0 Å². The van der Waals surface area contributed by atoms with E-state index in [1.54, 1.807) is 6.20 Å². The van der Waals surface area contributed by atoms with E-state index in [0.717, 1.165) is 0 Å². The number of hydroxylamine groups is 1. The molecule has 5 heteroatoms. The molecule has 82 valence electrons. The minimum Gasteiger partial charge on any atom is -0.469 e. The van der Waals surface area contributed by atoms with E-state index in [1.807, 2.05) is 19.9 Å². The molecular weight excluding hydrogens is 202 g/mol. The van der Waals surface area contributed by atoms with E-state index in [2.05, 4.69) is 22.8 Å². The third-order valence-corrected chi connectivity index (χ3v) is 1.64. The van der Waals surface area contributed by atoms with Crippen molar-refractivity contribution in [2.75, 3.05) is 12.9 Å². The Morgan fingerprint density at radius 2 is 2.29 bits per heavy atom. The number of hydrogen-bond acceptors (Lipinski definition) is 5. The highest BCUT2D eigenvalue weighted by atomic mass is 32.1. The van der Waals surface area contributed by atoms with Crippen molar-refractivity contribution in [3.8, 4) is 0 Å². The summed E-state index contributed by atoms with van der Waals surface area (Å²) < 4.78 is 4.30. The molecule has 1 N–H and O–H groups in total. The average Bonchev–Trinajstić information content (AvgIpc) is 2.51. The Bertz CT molecular complexity index is 204. The molecule has 0 fully saturated rings. The monoisotopic (exact) mass is 219 g/mol. The molecular formula is C9H17NO3S. The SMILES string of the molecule is CC1(C)C=CNO1.COC(=O)CCS. The lowest BCUT2D eigenvalue weighted by molar-refractivity contribution is -0.140. The molecule has 0 aromatic heterocycles. The number of rotatable bonds is 2. The van der Waals surface area contributed by atoms with Gasteiger partial charge in [0.2, 0.25) is 0 Å². The van der Waals surface area contributed by atoms with Gasteiger partial charge in [0.05, 0.1) is 13.5 Å². The van der Waals surface area contributed by atoms with Crippen molar-refractivity contribution in [1.82, 2.24) is 5.48 Å². The van der Waals surface area contributed by atoms with Crippen LogP contribution in [0.1, 0.15) is 20.3 Å². The third kappa shape index (κ3) is 6.80. The molecule has 0 aromatic carbocycles. The standard InChI is InChI=1S/C5H9NO.C4H8O2S/c1-5(2)3-4-6-7-5;1-6-4(5)2-3-7/h3-4,6H,1-2H3;7H,2-3H2,1H3. The number of hydrogen-bond donors (Lipinski definition) is 2. The topological polar surface area (TPSA) is 47.6 Å². The number of nitrogens with one attached hydrogen (secondary N) is 1. The Balaban J connectivity index is 0.000000241. The maximum absolute atomic E-state index is 10.1. The van der Waals surface area contributed by atoms with Crippen molar-refractivity contribution < 1.29 is 14.4 Å².